The molecule has 2 fully saturated rings. The summed E-state index contributed by atoms with van der Waals surface area (Å²) in [5.74, 6) is 0.493. The lowest BCUT2D eigenvalue weighted by Crippen LogP contribution is -2.51. The van der Waals surface area contributed by atoms with E-state index in [2.05, 4.69) is 15.3 Å². The highest BCUT2D eigenvalue weighted by atomic mass is 32.2. The van der Waals surface area contributed by atoms with Crippen LogP contribution in [0.25, 0.3) is 10.8 Å². The molecule has 6 rings (SSSR count). The number of benzene rings is 2. The summed E-state index contributed by atoms with van der Waals surface area (Å²) in [5.41, 5.74) is 0.861. The third kappa shape index (κ3) is 5.27. The van der Waals surface area contributed by atoms with Crippen LogP contribution in [0.2, 0.25) is 0 Å². The normalized spacial score (nSPS) is 21.5. The van der Waals surface area contributed by atoms with Crippen LogP contribution in [0.4, 0.5) is 0 Å². The van der Waals surface area contributed by atoms with E-state index in [4.69, 9.17) is 4.99 Å². The largest absolute Gasteiger partial charge is 0.348 e. The second-order valence-electron chi connectivity index (χ2n) is 11.0. The van der Waals surface area contributed by atoms with Gasteiger partial charge in [0.15, 0.2) is 0 Å². The van der Waals surface area contributed by atoms with E-state index in [9.17, 15) is 18.0 Å². The molecule has 1 atom stereocenters. The first-order chi connectivity index (χ1) is 19.3. The number of likely N-dealkylation sites (tertiary alicyclic amines) is 1. The molecule has 210 valence electrons. The number of H-pyrrole nitrogens is 1. The SMILES string of the molecule is O=C(Cc1cnc[nH]1)N1CCCC(C2=NC3(CCN(S(=O)(=O)CCc4cccc5ccccc45)CC3)C(=O)N2)C1. The summed E-state index contributed by atoms with van der Waals surface area (Å²) in [6.45, 7) is 1.72. The number of fused-ring (bicyclic) bond motifs is 1. The van der Waals surface area contributed by atoms with E-state index < -0.39 is 15.6 Å². The molecule has 0 radical (unpaired) electrons. The van der Waals surface area contributed by atoms with E-state index in [1.54, 1.807) is 12.5 Å². The first kappa shape index (κ1) is 26.6. The molecule has 2 aromatic carbocycles. The number of imidazole rings is 1. The van der Waals surface area contributed by atoms with Crippen LogP contribution in [0.5, 0.6) is 0 Å². The second-order valence-corrected chi connectivity index (χ2v) is 13.1. The van der Waals surface area contributed by atoms with Gasteiger partial charge in [-0.15, -0.1) is 0 Å². The summed E-state index contributed by atoms with van der Waals surface area (Å²) in [6, 6.07) is 14.0. The monoisotopic (exact) mass is 562 g/mol. The molecule has 1 aromatic heterocycles. The van der Waals surface area contributed by atoms with E-state index in [1.807, 2.05) is 47.4 Å². The molecule has 3 aromatic rings. The van der Waals surface area contributed by atoms with Gasteiger partial charge in [0.2, 0.25) is 15.9 Å². The van der Waals surface area contributed by atoms with Gasteiger partial charge in [-0.2, -0.15) is 0 Å². The fourth-order valence-electron chi connectivity index (χ4n) is 6.17. The first-order valence-corrected chi connectivity index (χ1v) is 15.5. The van der Waals surface area contributed by atoms with Gasteiger partial charge >= 0.3 is 0 Å². The van der Waals surface area contributed by atoms with E-state index in [-0.39, 0.29) is 43.0 Å². The molecule has 10 nitrogen and oxygen atoms in total. The molecule has 0 bridgehead atoms. The number of nitrogens with zero attached hydrogens (tertiary/aromatic N) is 4. The minimum absolute atomic E-state index is 0.0237. The first-order valence-electron chi connectivity index (χ1n) is 13.9. The van der Waals surface area contributed by atoms with Gasteiger partial charge in [-0.25, -0.2) is 17.7 Å². The Morgan fingerprint density at radius 3 is 2.67 bits per heavy atom. The number of amidine groups is 1. The van der Waals surface area contributed by atoms with Crippen molar-refractivity contribution in [3.63, 3.8) is 0 Å². The van der Waals surface area contributed by atoms with Crippen molar-refractivity contribution in [2.24, 2.45) is 10.9 Å². The second kappa shape index (κ2) is 10.8. The Bertz CT molecular complexity index is 1540. The summed E-state index contributed by atoms with van der Waals surface area (Å²) >= 11 is 0. The number of amides is 2. The number of aliphatic imine (C=N–C) groups is 1. The van der Waals surface area contributed by atoms with Gasteiger partial charge in [-0.05, 0) is 48.4 Å². The summed E-state index contributed by atoms with van der Waals surface area (Å²) in [4.78, 5) is 39.6. The van der Waals surface area contributed by atoms with Crippen molar-refractivity contribution in [1.29, 1.82) is 0 Å². The number of rotatable bonds is 7. The van der Waals surface area contributed by atoms with Crippen LogP contribution in [0.15, 0.2) is 60.0 Å². The lowest BCUT2D eigenvalue weighted by atomic mass is 9.89. The average molecular weight is 563 g/mol. The van der Waals surface area contributed by atoms with Gasteiger partial charge < -0.3 is 15.2 Å². The molecule has 0 aliphatic carbocycles. The van der Waals surface area contributed by atoms with Crippen molar-refractivity contribution in [3.05, 3.63) is 66.2 Å². The molecule has 1 unspecified atom stereocenters. The van der Waals surface area contributed by atoms with E-state index in [1.165, 1.54) is 4.31 Å². The zero-order valence-electron chi connectivity index (χ0n) is 22.4. The van der Waals surface area contributed by atoms with Gasteiger partial charge in [0.05, 0.1) is 18.5 Å². The maximum absolute atomic E-state index is 13.3. The van der Waals surface area contributed by atoms with E-state index in [0.29, 0.717) is 38.2 Å². The van der Waals surface area contributed by atoms with E-state index >= 15 is 0 Å². The third-order valence-corrected chi connectivity index (χ3v) is 10.4. The Morgan fingerprint density at radius 2 is 1.88 bits per heavy atom. The maximum Gasteiger partial charge on any atom is 0.253 e. The Kier molecular flexibility index (Phi) is 7.18. The van der Waals surface area contributed by atoms with Gasteiger partial charge in [-0.3, -0.25) is 14.6 Å². The Morgan fingerprint density at radius 1 is 1.07 bits per heavy atom. The smallest absolute Gasteiger partial charge is 0.253 e. The Balaban J connectivity index is 1.08. The van der Waals surface area contributed by atoms with Crippen molar-refractivity contribution in [1.82, 2.24) is 24.5 Å². The summed E-state index contributed by atoms with van der Waals surface area (Å²) < 4.78 is 28.0. The summed E-state index contributed by atoms with van der Waals surface area (Å²) in [6.07, 6.45) is 6.30. The highest BCUT2D eigenvalue weighted by molar-refractivity contribution is 7.89. The van der Waals surface area contributed by atoms with Crippen LogP contribution >= 0.6 is 0 Å². The highest BCUT2D eigenvalue weighted by Crippen LogP contribution is 2.33. The molecule has 3 aliphatic heterocycles. The lowest BCUT2D eigenvalue weighted by Gasteiger charge is -2.35. The van der Waals surface area contributed by atoms with Crippen LogP contribution in [0, 0.1) is 5.92 Å². The molecule has 0 saturated carbocycles. The number of aromatic nitrogens is 2. The maximum atomic E-state index is 13.3. The van der Waals surface area contributed by atoms with E-state index in [0.717, 1.165) is 34.9 Å². The van der Waals surface area contributed by atoms with Gasteiger partial charge in [0, 0.05) is 44.0 Å². The van der Waals surface area contributed by atoms with Crippen LogP contribution in [0.1, 0.15) is 36.9 Å². The zero-order valence-corrected chi connectivity index (χ0v) is 23.2. The highest BCUT2D eigenvalue weighted by Gasteiger charge is 2.48. The number of sulfonamides is 1. The lowest BCUT2D eigenvalue weighted by molar-refractivity contribution is -0.131. The Labute approximate surface area is 233 Å². The Hall–Kier alpha value is -3.57. The van der Waals surface area contributed by atoms with Crippen molar-refractivity contribution in [2.75, 3.05) is 31.9 Å². The van der Waals surface area contributed by atoms with Crippen LogP contribution < -0.4 is 5.32 Å². The molecular formula is C29H34N6O4S. The summed E-state index contributed by atoms with van der Waals surface area (Å²) in [5, 5.41) is 5.17. The van der Waals surface area contributed by atoms with Crippen LogP contribution in [-0.4, -0.2) is 82.7 Å². The molecular weight excluding hydrogens is 528 g/mol. The van der Waals surface area contributed by atoms with Crippen LogP contribution in [-0.2, 0) is 32.5 Å². The predicted octanol–water partition coefficient (Wildman–Crippen LogP) is 2.28. The quantitative estimate of drug-likeness (QED) is 0.457. The fourth-order valence-corrected chi connectivity index (χ4v) is 7.64. The third-order valence-electron chi connectivity index (χ3n) is 8.51. The predicted molar refractivity (Wildman–Crippen MR) is 152 cm³/mol. The number of nitrogens with one attached hydrogen (secondary N) is 2. The molecule has 2 amide bonds. The fraction of sp³-hybridized carbons (Fsp3) is 0.448. The summed E-state index contributed by atoms with van der Waals surface area (Å²) in [7, 11) is -3.48. The average Bonchev–Trinajstić information content (AvgIpc) is 3.60. The number of hydrogen-bond acceptors (Lipinski definition) is 6. The van der Waals surface area contributed by atoms with Crippen molar-refractivity contribution in [2.45, 2.75) is 44.1 Å². The minimum Gasteiger partial charge on any atom is -0.348 e. The van der Waals surface area contributed by atoms with Gasteiger partial charge in [-0.1, -0.05) is 42.5 Å². The minimum atomic E-state index is -3.48. The molecule has 40 heavy (non-hydrogen) atoms. The molecule has 1 spiro atoms. The number of hydrogen-bond donors (Lipinski definition) is 2. The van der Waals surface area contributed by atoms with Crippen molar-refractivity contribution < 1.29 is 18.0 Å². The number of carbonyl (C=O) groups excluding carboxylic acids is 2. The molecule has 2 saturated heterocycles. The molecule has 2 N–H and O–H groups in total. The zero-order chi connectivity index (χ0) is 27.7. The van der Waals surface area contributed by atoms with Crippen LogP contribution in [0.3, 0.4) is 0 Å². The number of piperidine rings is 2. The number of carbonyl (C=O) groups is 2. The van der Waals surface area contributed by atoms with Gasteiger partial charge in [0.1, 0.15) is 11.4 Å². The molecule has 11 heteroatoms. The van der Waals surface area contributed by atoms with Crippen molar-refractivity contribution in [3.8, 4) is 0 Å². The molecule has 3 aliphatic rings. The molecule has 4 heterocycles. The number of aromatic amines is 1. The van der Waals surface area contributed by atoms with Gasteiger partial charge in [0.25, 0.3) is 5.91 Å². The number of aryl methyl sites for hydroxylation is 1. The topological polar surface area (TPSA) is 128 Å². The standard InChI is InChI=1S/C29H34N6O4S/c36-26(17-24-18-30-20-31-24)34-13-4-8-23(19-34)27-32-28(37)29(33-27)11-14-35(15-12-29)40(38,39)16-10-22-7-3-6-21-5-1-2-9-25(21)22/h1-3,5-7,9,18,20,23H,4,8,10-17,19H2,(H,30,31)(H,32,33,37). The van der Waals surface area contributed by atoms with Crippen molar-refractivity contribution >= 4 is 38.4 Å².